The summed E-state index contributed by atoms with van der Waals surface area (Å²) in [5.41, 5.74) is 0. The summed E-state index contributed by atoms with van der Waals surface area (Å²) in [4.78, 5) is 11.5. The van der Waals surface area contributed by atoms with Gasteiger partial charge < -0.3 is 0 Å². The van der Waals surface area contributed by atoms with E-state index < -0.39 is 0 Å². The minimum atomic E-state index is -0.0878. The van der Waals surface area contributed by atoms with Crippen LogP contribution in [0.3, 0.4) is 0 Å². The van der Waals surface area contributed by atoms with Gasteiger partial charge in [0.2, 0.25) is 0 Å². The first-order valence-corrected chi connectivity index (χ1v) is 6.27. The molecule has 0 spiro atoms. The van der Waals surface area contributed by atoms with Crippen molar-refractivity contribution in [2.45, 2.75) is 33.3 Å². The van der Waals surface area contributed by atoms with Gasteiger partial charge in [-0.15, -0.1) is 0 Å². The van der Waals surface area contributed by atoms with Gasteiger partial charge in [-0.05, 0) is 0 Å². The van der Waals surface area contributed by atoms with Crippen LogP contribution in [0.1, 0.15) is 27.2 Å². The third-order valence-electron chi connectivity index (χ3n) is 1.94. The zero-order chi connectivity index (χ0) is 11.1. The van der Waals surface area contributed by atoms with Crippen molar-refractivity contribution in [3.05, 3.63) is 11.8 Å². The number of hydrogen-bond acceptors (Lipinski definition) is 3. The molecular weight excluding hydrogens is 375 g/mol. The molecule has 0 saturated carbocycles. The number of carbonyl (C=O) groups is 1. The fourth-order valence-corrected chi connectivity index (χ4v) is 1.72. The number of methoxy groups -OCH3 is 1. The number of ketones is 1. The summed E-state index contributed by atoms with van der Waals surface area (Å²) < 4.78 is 10.5. The second-order valence-electron chi connectivity index (χ2n) is 3.34. The van der Waals surface area contributed by atoms with Crippen LogP contribution in [0.25, 0.3) is 0 Å². The summed E-state index contributed by atoms with van der Waals surface area (Å²) in [6.07, 6.45) is 2.29. The van der Waals surface area contributed by atoms with Crippen molar-refractivity contribution >= 4 is 32.0 Å². The molecule has 0 N–H and O–H groups in total. The minimum absolute atomic E-state index is 0.0104. The van der Waals surface area contributed by atoms with E-state index in [-0.39, 0.29) is 17.8 Å². The van der Waals surface area contributed by atoms with E-state index in [4.69, 9.17) is 7.42 Å². The number of ether oxygens (including phenoxy) is 1. The number of carbonyl (C=O) groups excluding carboxylic acids is 1. The fourth-order valence-electron chi connectivity index (χ4n) is 0.979. The topological polar surface area (TPSA) is 35.5 Å². The third-order valence-corrected chi connectivity index (χ3v) is 2.86. The Hall–Kier alpha value is 0.0921. The van der Waals surface area contributed by atoms with Crippen molar-refractivity contribution in [2.75, 3.05) is 7.11 Å². The summed E-state index contributed by atoms with van der Waals surface area (Å²) in [6, 6.07) is 0. The molecular formula is C10H17O3Pb. The van der Waals surface area contributed by atoms with E-state index in [0.717, 1.165) is 6.42 Å². The average molecular weight is 392 g/mol. The molecule has 0 fully saturated rings. The molecule has 0 aromatic carbocycles. The van der Waals surface area contributed by atoms with E-state index in [0.29, 0.717) is 32.0 Å². The van der Waals surface area contributed by atoms with Gasteiger partial charge >= 0.3 is 102 Å². The van der Waals surface area contributed by atoms with E-state index in [1.165, 1.54) is 0 Å². The Balaban J connectivity index is 4.60. The molecule has 3 nitrogen and oxygen atoms in total. The van der Waals surface area contributed by atoms with Crippen LogP contribution in [0.4, 0.5) is 0 Å². The van der Waals surface area contributed by atoms with E-state index in [1.807, 2.05) is 20.8 Å². The van der Waals surface area contributed by atoms with E-state index >= 15 is 0 Å². The molecule has 79 valence electrons. The van der Waals surface area contributed by atoms with E-state index in [9.17, 15) is 4.79 Å². The normalized spacial score (nSPS) is 14.3. The van der Waals surface area contributed by atoms with Crippen molar-refractivity contribution in [2.24, 2.45) is 5.92 Å². The van der Waals surface area contributed by atoms with E-state index in [1.54, 1.807) is 13.2 Å². The van der Waals surface area contributed by atoms with Crippen LogP contribution in [-0.2, 0) is 12.2 Å². The van der Waals surface area contributed by atoms with Gasteiger partial charge in [0.05, 0.1) is 0 Å². The SMILES string of the molecule is CCC(OC)/C(=C/C(=O)C(C)C)[O][Pb]. The Morgan fingerprint density at radius 1 is 1.50 bits per heavy atom. The van der Waals surface area contributed by atoms with Crippen molar-refractivity contribution in [3.63, 3.8) is 0 Å². The molecule has 14 heavy (non-hydrogen) atoms. The molecule has 0 bridgehead atoms. The monoisotopic (exact) mass is 393 g/mol. The maximum absolute atomic E-state index is 11.5. The standard InChI is InChI=1S/C10H18O3.Pb/c1-5-10(13-4)9(12)6-8(11)7(2)3;/h6-7,10,12H,5H2,1-4H3;/q;+1/p-1/b9-6-;. The second kappa shape index (κ2) is 7.39. The quantitative estimate of drug-likeness (QED) is 0.392. The van der Waals surface area contributed by atoms with Crippen LogP contribution in [-0.4, -0.2) is 45.2 Å². The Kier molecular flexibility index (Phi) is 7.44. The van der Waals surface area contributed by atoms with Crippen LogP contribution >= 0.6 is 0 Å². The van der Waals surface area contributed by atoms with E-state index in [2.05, 4.69) is 0 Å². The molecule has 0 amide bonds. The summed E-state index contributed by atoms with van der Waals surface area (Å²) in [5.74, 6) is 0.767. The van der Waals surface area contributed by atoms with Gasteiger partial charge in [-0.2, -0.15) is 0 Å². The Morgan fingerprint density at radius 2 is 2.07 bits per heavy atom. The van der Waals surface area contributed by atoms with Crippen LogP contribution < -0.4 is 0 Å². The van der Waals surface area contributed by atoms with Crippen LogP contribution in [0, 0.1) is 5.92 Å². The molecule has 4 heteroatoms. The zero-order valence-corrected chi connectivity index (χ0v) is 13.1. The van der Waals surface area contributed by atoms with Gasteiger partial charge in [-0.1, -0.05) is 0 Å². The fraction of sp³-hybridized carbons (Fsp3) is 0.700. The predicted octanol–water partition coefficient (Wildman–Crippen LogP) is 1.62. The van der Waals surface area contributed by atoms with Gasteiger partial charge in [0.1, 0.15) is 0 Å². The van der Waals surface area contributed by atoms with Gasteiger partial charge in [0.25, 0.3) is 0 Å². The first-order chi connectivity index (χ1) is 6.56. The van der Waals surface area contributed by atoms with Crippen molar-refractivity contribution in [3.8, 4) is 0 Å². The summed E-state index contributed by atoms with van der Waals surface area (Å²) >= 11 is 0.580. The van der Waals surface area contributed by atoms with Gasteiger partial charge in [0.15, 0.2) is 0 Å². The predicted molar refractivity (Wildman–Crippen MR) is 55.9 cm³/mol. The molecule has 0 saturated heterocycles. The Labute approximate surface area is 102 Å². The molecule has 0 aromatic heterocycles. The van der Waals surface area contributed by atoms with Crippen LogP contribution in [0.15, 0.2) is 11.8 Å². The van der Waals surface area contributed by atoms with Crippen molar-refractivity contribution < 1.29 is 12.2 Å². The van der Waals surface area contributed by atoms with Gasteiger partial charge in [-0.25, -0.2) is 0 Å². The van der Waals surface area contributed by atoms with Gasteiger partial charge in [-0.3, -0.25) is 0 Å². The molecule has 1 unspecified atom stereocenters. The molecule has 0 aromatic rings. The Bertz CT molecular complexity index is 207. The molecule has 0 aliphatic heterocycles. The zero-order valence-electron chi connectivity index (χ0n) is 9.16. The first-order valence-electron chi connectivity index (χ1n) is 4.68. The molecule has 0 aliphatic rings. The maximum atomic E-state index is 11.5. The van der Waals surface area contributed by atoms with Gasteiger partial charge in [0, 0.05) is 0 Å². The Morgan fingerprint density at radius 3 is 2.36 bits per heavy atom. The van der Waals surface area contributed by atoms with Crippen molar-refractivity contribution in [1.82, 2.24) is 0 Å². The van der Waals surface area contributed by atoms with Crippen LogP contribution in [0.5, 0.6) is 0 Å². The molecule has 0 heterocycles. The number of allylic oxidation sites excluding steroid dienone is 1. The molecule has 0 aliphatic carbocycles. The first kappa shape index (κ1) is 14.1. The van der Waals surface area contributed by atoms with Crippen LogP contribution in [0.2, 0.25) is 0 Å². The summed E-state index contributed by atoms with van der Waals surface area (Å²) in [6.45, 7) is 5.75. The molecule has 3 radical (unpaired) electrons. The average Bonchev–Trinajstić information content (AvgIpc) is 2.17. The molecule has 1 atom stereocenters. The second-order valence-corrected chi connectivity index (χ2v) is 4.13. The number of hydrogen-bond donors (Lipinski definition) is 0. The summed E-state index contributed by atoms with van der Waals surface area (Å²) in [7, 11) is 1.63. The molecule has 0 rings (SSSR count). The number of rotatable bonds is 6. The summed E-state index contributed by atoms with van der Waals surface area (Å²) in [5, 5.41) is 0. The van der Waals surface area contributed by atoms with Crippen molar-refractivity contribution in [1.29, 1.82) is 0 Å². The third kappa shape index (κ3) is 4.55.